The van der Waals surface area contributed by atoms with Crippen LogP contribution in [-0.4, -0.2) is 35.9 Å². The van der Waals surface area contributed by atoms with E-state index in [0.29, 0.717) is 5.11 Å². The summed E-state index contributed by atoms with van der Waals surface area (Å²) in [5.41, 5.74) is 5.22. The molecule has 1 saturated heterocycles. The van der Waals surface area contributed by atoms with Crippen LogP contribution in [0.2, 0.25) is 0 Å². The zero-order valence-corrected chi connectivity index (χ0v) is 24.0. The molecule has 3 aromatic carbocycles. The van der Waals surface area contributed by atoms with Crippen molar-refractivity contribution in [1.29, 1.82) is 0 Å². The van der Waals surface area contributed by atoms with E-state index in [2.05, 4.69) is 62.3 Å². The predicted molar refractivity (Wildman–Crippen MR) is 168 cm³/mol. The molecule has 1 aliphatic rings. The molecule has 2 unspecified atom stereocenters. The Hall–Kier alpha value is -4.82. The second-order valence-electron chi connectivity index (χ2n) is 9.98. The average molecular weight is 562 g/mol. The van der Waals surface area contributed by atoms with Crippen molar-refractivity contribution in [2.45, 2.75) is 12.1 Å². The first-order valence-electron chi connectivity index (χ1n) is 13.4. The molecule has 0 radical (unpaired) electrons. The third-order valence-electron chi connectivity index (χ3n) is 7.24. The summed E-state index contributed by atoms with van der Waals surface area (Å²) in [5, 5.41) is 4.20. The standard InChI is InChI=1S/C33H31N5O2S/c1-36(2)23-9-11-24(12-10-23)37-22-6-8-30(37)32-31(29-7-4-5-21-34-29)35-33(41)38(32)25-13-15-27(16-14-25)40-28-19-17-26(39-3)18-20-28/h4-22,31-32H,1-3H3,(H,35,41). The lowest BCUT2D eigenvalue weighted by Gasteiger charge is -2.29. The van der Waals surface area contributed by atoms with Gasteiger partial charge in [0.2, 0.25) is 0 Å². The Balaban J connectivity index is 1.36. The number of anilines is 2. The number of nitrogens with zero attached hydrogens (tertiary/aromatic N) is 4. The number of ether oxygens (including phenoxy) is 2. The largest absolute Gasteiger partial charge is 0.497 e. The zero-order chi connectivity index (χ0) is 28.3. The lowest BCUT2D eigenvalue weighted by molar-refractivity contribution is 0.413. The molecular formula is C33H31N5O2S. The van der Waals surface area contributed by atoms with E-state index >= 15 is 0 Å². The van der Waals surface area contributed by atoms with E-state index in [4.69, 9.17) is 26.7 Å². The summed E-state index contributed by atoms with van der Waals surface area (Å²) in [4.78, 5) is 8.97. The van der Waals surface area contributed by atoms with Crippen LogP contribution in [0.3, 0.4) is 0 Å². The van der Waals surface area contributed by atoms with Crippen LogP contribution in [0.5, 0.6) is 17.2 Å². The van der Waals surface area contributed by atoms with Gasteiger partial charge in [0.05, 0.1) is 18.8 Å². The molecule has 0 bridgehead atoms. The minimum Gasteiger partial charge on any atom is -0.497 e. The lowest BCUT2D eigenvalue weighted by Crippen LogP contribution is -2.30. The van der Waals surface area contributed by atoms with Crippen molar-refractivity contribution in [3.05, 3.63) is 127 Å². The van der Waals surface area contributed by atoms with E-state index in [9.17, 15) is 0 Å². The molecule has 5 aromatic rings. The Morgan fingerprint density at radius 2 is 1.44 bits per heavy atom. The van der Waals surface area contributed by atoms with Crippen molar-refractivity contribution in [2.24, 2.45) is 0 Å². The van der Waals surface area contributed by atoms with Gasteiger partial charge >= 0.3 is 0 Å². The summed E-state index contributed by atoms with van der Waals surface area (Å²) in [6.07, 6.45) is 3.92. The SMILES string of the molecule is COc1ccc(Oc2ccc(N3C(=S)NC(c4ccccn4)C3c3cccn3-c3ccc(N(C)C)cc3)cc2)cc1. The van der Waals surface area contributed by atoms with E-state index < -0.39 is 0 Å². The Labute approximate surface area is 245 Å². The highest BCUT2D eigenvalue weighted by Gasteiger charge is 2.42. The second kappa shape index (κ2) is 11.3. The molecule has 1 N–H and O–H groups in total. The predicted octanol–water partition coefficient (Wildman–Crippen LogP) is 6.92. The fraction of sp³-hybridized carbons (Fsp3) is 0.152. The summed E-state index contributed by atoms with van der Waals surface area (Å²) < 4.78 is 13.5. The molecule has 1 aliphatic heterocycles. The number of thiocarbonyl (C=S) groups is 1. The van der Waals surface area contributed by atoms with Gasteiger partial charge in [0.1, 0.15) is 23.3 Å². The van der Waals surface area contributed by atoms with Gasteiger partial charge in [-0.05, 0) is 109 Å². The molecule has 3 heterocycles. The molecule has 2 aromatic heterocycles. The summed E-state index contributed by atoms with van der Waals surface area (Å²) in [7, 11) is 5.74. The van der Waals surface area contributed by atoms with Crippen molar-refractivity contribution >= 4 is 28.7 Å². The minimum atomic E-state index is -0.145. The van der Waals surface area contributed by atoms with Crippen LogP contribution in [-0.2, 0) is 0 Å². The number of aromatic nitrogens is 2. The molecule has 206 valence electrons. The molecule has 6 rings (SSSR count). The Morgan fingerprint density at radius 3 is 2.07 bits per heavy atom. The molecule has 0 amide bonds. The zero-order valence-electron chi connectivity index (χ0n) is 23.1. The highest BCUT2D eigenvalue weighted by Crippen LogP contribution is 2.42. The van der Waals surface area contributed by atoms with Gasteiger partial charge in [-0.25, -0.2) is 0 Å². The van der Waals surface area contributed by atoms with Gasteiger partial charge < -0.3 is 29.2 Å². The average Bonchev–Trinajstić information content (AvgIpc) is 3.63. The number of methoxy groups -OCH3 is 1. The molecule has 41 heavy (non-hydrogen) atoms. The van der Waals surface area contributed by atoms with E-state index in [1.165, 1.54) is 0 Å². The molecule has 7 nitrogen and oxygen atoms in total. The number of hydrogen-bond acceptors (Lipinski definition) is 5. The molecule has 2 atom stereocenters. The summed E-state index contributed by atoms with van der Waals surface area (Å²) >= 11 is 5.95. The van der Waals surface area contributed by atoms with Gasteiger partial charge in [0.15, 0.2) is 5.11 Å². The van der Waals surface area contributed by atoms with Crippen molar-refractivity contribution in [2.75, 3.05) is 31.0 Å². The maximum absolute atomic E-state index is 6.08. The number of hydrogen-bond donors (Lipinski definition) is 1. The molecule has 1 fully saturated rings. The van der Waals surface area contributed by atoms with E-state index in [1.54, 1.807) is 7.11 Å². The first kappa shape index (κ1) is 26.4. The maximum Gasteiger partial charge on any atom is 0.174 e. The quantitative estimate of drug-likeness (QED) is 0.207. The third kappa shape index (κ3) is 5.34. The lowest BCUT2D eigenvalue weighted by atomic mass is 10.0. The van der Waals surface area contributed by atoms with Gasteiger partial charge in [0.25, 0.3) is 0 Å². The molecular weight excluding hydrogens is 530 g/mol. The summed E-state index contributed by atoms with van der Waals surface area (Å²) in [6, 6.07) is 34.0. The first-order valence-corrected chi connectivity index (χ1v) is 13.8. The Morgan fingerprint density at radius 1 is 0.780 bits per heavy atom. The fourth-order valence-electron chi connectivity index (χ4n) is 5.17. The Kier molecular flexibility index (Phi) is 7.31. The van der Waals surface area contributed by atoms with Gasteiger partial charge in [-0.15, -0.1) is 0 Å². The summed E-state index contributed by atoms with van der Waals surface area (Å²) in [6.45, 7) is 0. The van der Waals surface area contributed by atoms with Crippen LogP contribution in [0.1, 0.15) is 23.5 Å². The van der Waals surface area contributed by atoms with Crippen LogP contribution >= 0.6 is 12.2 Å². The summed E-state index contributed by atoms with van der Waals surface area (Å²) in [5.74, 6) is 2.26. The van der Waals surface area contributed by atoms with Gasteiger partial charge in [-0.3, -0.25) is 4.98 Å². The minimum absolute atomic E-state index is 0.144. The number of rotatable bonds is 8. The molecule has 0 saturated carbocycles. The van der Waals surface area contributed by atoms with Crippen molar-refractivity contribution < 1.29 is 9.47 Å². The van der Waals surface area contributed by atoms with E-state index in [-0.39, 0.29) is 12.1 Å². The van der Waals surface area contributed by atoms with E-state index in [1.807, 2.05) is 87.0 Å². The van der Waals surface area contributed by atoms with Crippen LogP contribution < -0.4 is 24.6 Å². The number of pyridine rings is 1. The molecule has 0 aliphatic carbocycles. The molecule has 0 spiro atoms. The van der Waals surface area contributed by atoms with Crippen LogP contribution in [0.25, 0.3) is 5.69 Å². The van der Waals surface area contributed by atoms with Crippen LogP contribution in [0, 0.1) is 0 Å². The normalized spacial score (nSPS) is 16.4. The van der Waals surface area contributed by atoms with Crippen LogP contribution in [0.15, 0.2) is 116 Å². The smallest absolute Gasteiger partial charge is 0.174 e. The maximum atomic E-state index is 6.08. The van der Waals surface area contributed by atoms with Gasteiger partial charge in [-0.2, -0.15) is 0 Å². The topological polar surface area (TPSA) is 54.8 Å². The highest BCUT2D eigenvalue weighted by molar-refractivity contribution is 7.80. The van der Waals surface area contributed by atoms with E-state index in [0.717, 1.165) is 45.7 Å². The molecule has 8 heteroatoms. The third-order valence-corrected chi connectivity index (χ3v) is 7.55. The van der Waals surface area contributed by atoms with Crippen molar-refractivity contribution in [3.63, 3.8) is 0 Å². The van der Waals surface area contributed by atoms with Crippen molar-refractivity contribution in [3.8, 4) is 22.9 Å². The monoisotopic (exact) mass is 561 g/mol. The fourth-order valence-corrected chi connectivity index (χ4v) is 5.52. The first-order chi connectivity index (χ1) is 20.0. The van der Waals surface area contributed by atoms with Crippen LogP contribution in [0.4, 0.5) is 11.4 Å². The van der Waals surface area contributed by atoms with Gasteiger partial charge in [-0.1, -0.05) is 6.07 Å². The highest BCUT2D eigenvalue weighted by atomic mass is 32.1. The Bertz CT molecular complexity index is 1620. The second-order valence-corrected chi connectivity index (χ2v) is 10.4. The number of nitrogens with one attached hydrogen (secondary N) is 1. The van der Waals surface area contributed by atoms with Crippen molar-refractivity contribution in [1.82, 2.24) is 14.9 Å². The number of benzene rings is 3. The van der Waals surface area contributed by atoms with Gasteiger partial charge in [0, 0.05) is 49.2 Å².